The standard InChI is InChI=1S/C16H27NO4/c1-5-20-14(18)13(17-15(19)21-16(2,3)4)12(10-6-7-10)11-8-9-11/h10-13H,5-9H2,1-4H3,(H,17,19). The molecule has 0 heterocycles. The predicted molar refractivity (Wildman–Crippen MR) is 78.7 cm³/mol. The van der Waals surface area contributed by atoms with E-state index in [1.165, 1.54) is 0 Å². The lowest BCUT2D eigenvalue weighted by Crippen LogP contribution is -2.49. The van der Waals surface area contributed by atoms with Gasteiger partial charge in [-0.05, 0) is 71.1 Å². The van der Waals surface area contributed by atoms with Gasteiger partial charge in [0.05, 0.1) is 6.61 Å². The van der Waals surface area contributed by atoms with E-state index in [0.29, 0.717) is 18.4 Å². The third kappa shape index (κ3) is 4.90. The van der Waals surface area contributed by atoms with Crippen molar-refractivity contribution in [2.45, 2.75) is 65.0 Å². The number of ether oxygens (including phenoxy) is 2. The number of esters is 1. The fraction of sp³-hybridized carbons (Fsp3) is 0.875. The summed E-state index contributed by atoms with van der Waals surface area (Å²) in [4.78, 5) is 24.3. The largest absolute Gasteiger partial charge is 0.464 e. The predicted octanol–water partition coefficient (Wildman–Crippen LogP) is 2.88. The Hall–Kier alpha value is -1.26. The highest BCUT2D eigenvalue weighted by atomic mass is 16.6. The third-order valence-electron chi connectivity index (χ3n) is 3.93. The van der Waals surface area contributed by atoms with Gasteiger partial charge in [0.15, 0.2) is 0 Å². The zero-order valence-electron chi connectivity index (χ0n) is 13.5. The van der Waals surface area contributed by atoms with Gasteiger partial charge in [-0.2, -0.15) is 0 Å². The molecule has 1 unspecified atom stereocenters. The molecule has 1 amide bonds. The van der Waals surface area contributed by atoms with E-state index < -0.39 is 17.7 Å². The quantitative estimate of drug-likeness (QED) is 0.766. The maximum Gasteiger partial charge on any atom is 0.408 e. The summed E-state index contributed by atoms with van der Waals surface area (Å²) in [5.74, 6) is 0.965. The molecule has 21 heavy (non-hydrogen) atoms. The molecular formula is C16H27NO4. The molecule has 0 aromatic rings. The van der Waals surface area contributed by atoms with Gasteiger partial charge >= 0.3 is 12.1 Å². The molecule has 1 atom stereocenters. The minimum absolute atomic E-state index is 0.205. The Kier molecular flexibility index (Phi) is 4.79. The van der Waals surface area contributed by atoms with E-state index in [-0.39, 0.29) is 11.9 Å². The van der Waals surface area contributed by atoms with Gasteiger partial charge in [-0.3, -0.25) is 0 Å². The molecule has 2 fully saturated rings. The molecule has 0 saturated heterocycles. The van der Waals surface area contributed by atoms with Crippen molar-refractivity contribution in [2.24, 2.45) is 17.8 Å². The molecule has 120 valence electrons. The Bertz CT molecular complexity index is 382. The summed E-state index contributed by atoms with van der Waals surface area (Å²) in [6.45, 7) is 7.54. The van der Waals surface area contributed by atoms with E-state index >= 15 is 0 Å². The molecule has 0 aromatic heterocycles. The highest BCUT2D eigenvalue weighted by molar-refractivity contribution is 5.82. The first-order valence-electron chi connectivity index (χ1n) is 7.98. The van der Waals surface area contributed by atoms with E-state index in [9.17, 15) is 9.59 Å². The fourth-order valence-corrected chi connectivity index (χ4v) is 2.87. The third-order valence-corrected chi connectivity index (χ3v) is 3.93. The Labute approximate surface area is 126 Å². The molecule has 5 nitrogen and oxygen atoms in total. The molecular weight excluding hydrogens is 270 g/mol. The summed E-state index contributed by atoms with van der Waals surface area (Å²) in [5, 5.41) is 2.77. The molecule has 2 rings (SSSR count). The highest BCUT2D eigenvalue weighted by Crippen LogP contribution is 2.50. The number of amides is 1. The van der Waals surface area contributed by atoms with E-state index in [1.54, 1.807) is 6.92 Å². The van der Waals surface area contributed by atoms with Crippen LogP contribution in [0, 0.1) is 17.8 Å². The van der Waals surface area contributed by atoms with Crippen molar-refractivity contribution in [1.82, 2.24) is 5.32 Å². The van der Waals surface area contributed by atoms with Crippen molar-refractivity contribution >= 4 is 12.1 Å². The van der Waals surface area contributed by atoms with E-state index in [0.717, 1.165) is 25.7 Å². The number of rotatable bonds is 6. The Morgan fingerprint density at radius 3 is 2.05 bits per heavy atom. The topological polar surface area (TPSA) is 64.6 Å². The molecule has 0 spiro atoms. The number of alkyl carbamates (subject to hydrolysis) is 1. The summed E-state index contributed by atoms with van der Waals surface area (Å²) in [7, 11) is 0. The van der Waals surface area contributed by atoms with Crippen LogP contribution in [0.3, 0.4) is 0 Å². The first-order valence-corrected chi connectivity index (χ1v) is 7.98. The molecule has 2 aliphatic rings. The second-order valence-electron chi connectivity index (χ2n) is 7.13. The van der Waals surface area contributed by atoms with Crippen molar-refractivity contribution in [3.63, 3.8) is 0 Å². The van der Waals surface area contributed by atoms with Crippen molar-refractivity contribution in [3.8, 4) is 0 Å². The maximum absolute atomic E-state index is 12.3. The fourth-order valence-electron chi connectivity index (χ4n) is 2.87. The lowest BCUT2D eigenvalue weighted by Gasteiger charge is -2.28. The first-order chi connectivity index (χ1) is 9.81. The summed E-state index contributed by atoms with van der Waals surface area (Å²) < 4.78 is 10.5. The van der Waals surface area contributed by atoms with Crippen LogP contribution >= 0.6 is 0 Å². The average molecular weight is 297 g/mol. The van der Waals surface area contributed by atoms with Gasteiger partial charge in [0.25, 0.3) is 0 Å². The number of carbonyl (C=O) groups excluding carboxylic acids is 2. The van der Waals surface area contributed by atoms with Gasteiger partial charge in [0.2, 0.25) is 0 Å². The van der Waals surface area contributed by atoms with Crippen LogP contribution in [0.15, 0.2) is 0 Å². The SMILES string of the molecule is CCOC(=O)C(NC(=O)OC(C)(C)C)C(C1CC1)C1CC1. The second-order valence-corrected chi connectivity index (χ2v) is 7.13. The van der Waals surface area contributed by atoms with E-state index in [2.05, 4.69) is 5.32 Å². The Morgan fingerprint density at radius 2 is 1.67 bits per heavy atom. The average Bonchev–Trinajstić information content (AvgIpc) is 3.21. The van der Waals surface area contributed by atoms with Crippen LogP contribution in [0.25, 0.3) is 0 Å². The van der Waals surface area contributed by atoms with Gasteiger partial charge in [-0.15, -0.1) is 0 Å². The van der Waals surface area contributed by atoms with Gasteiger partial charge in [-0.25, -0.2) is 9.59 Å². The number of hydrogen-bond donors (Lipinski definition) is 1. The second kappa shape index (κ2) is 6.24. The summed E-state index contributed by atoms with van der Waals surface area (Å²) in [6.07, 6.45) is 4.05. The lowest BCUT2D eigenvalue weighted by molar-refractivity contribution is -0.147. The van der Waals surface area contributed by atoms with Crippen LogP contribution in [0.1, 0.15) is 53.4 Å². The van der Waals surface area contributed by atoms with Crippen LogP contribution in [-0.2, 0) is 14.3 Å². The van der Waals surface area contributed by atoms with Crippen molar-refractivity contribution < 1.29 is 19.1 Å². The van der Waals surface area contributed by atoms with Gasteiger partial charge in [0.1, 0.15) is 11.6 Å². The number of nitrogens with one attached hydrogen (secondary N) is 1. The first kappa shape index (κ1) is 16.1. The molecule has 0 aliphatic heterocycles. The van der Waals surface area contributed by atoms with E-state index in [1.807, 2.05) is 20.8 Å². The van der Waals surface area contributed by atoms with Crippen LogP contribution in [0.4, 0.5) is 4.79 Å². The normalized spacial score (nSPS) is 20.0. The minimum atomic E-state index is -0.571. The molecule has 0 bridgehead atoms. The Morgan fingerprint density at radius 1 is 1.14 bits per heavy atom. The Balaban J connectivity index is 2.04. The zero-order valence-corrected chi connectivity index (χ0v) is 13.5. The number of hydrogen-bond acceptors (Lipinski definition) is 4. The molecule has 0 aromatic carbocycles. The van der Waals surface area contributed by atoms with Crippen LogP contribution in [0.2, 0.25) is 0 Å². The van der Waals surface area contributed by atoms with Gasteiger partial charge < -0.3 is 14.8 Å². The molecule has 0 radical (unpaired) electrons. The molecule has 1 N–H and O–H groups in total. The van der Waals surface area contributed by atoms with Crippen LogP contribution in [-0.4, -0.2) is 30.3 Å². The molecule has 2 saturated carbocycles. The highest BCUT2D eigenvalue weighted by Gasteiger charge is 2.49. The maximum atomic E-state index is 12.3. The lowest BCUT2D eigenvalue weighted by atomic mass is 9.89. The number of carbonyl (C=O) groups is 2. The molecule has 2 aliphatic carbocycles. The zero-order chi connectivity index (χ0) is 15.6. The minimum Gasteiger partial charge on any atom is -0.464 e. The monoisotopic (exact) mass is 297 g/mol. The van der Waals surface area contributed by atoms with E-state index in [4.69, 9.17) is 9.47 Å². The van der Waals surface area contributed by atoms with Crippen molar-refractivity contribution in [3.05, 3.63) is 0 Å². The van der Waals surface area contributed by atoms with Gasteiger partial charge in [0, 0.05) is 0 Å². The summed E-state index contributed by atoms with van der Waals surface area (Å²) in [5.41, 5.74) is -0.571. The van der Waals surface area contributed by atoms with Crippen LogP contribution in [0.5, 0.6) is 0 Å². The van der Waals surface area contributed by atoms with Crippen LogP contribution < -0.4 is 5.32 Å². The van der Waals surface area contributed by atoms with Crippen molar-refractivity contribution in [1.29, 1.82) is 0 Å². The molecule has 5 heteroatoms. The van der Waals surface area contributed by atoms with Crippen molar-refractivity contribution in [2.75, 3.05) is 6.61 Å². The smallest absolute Gasteiger partial charge is 0.408 e. The summed E-state index contributed by atoms with van der Waals surface area (Å²) >= 11 is 0. The van der Waals surface area contributed by atoms with Gasteiger partial charge in [-0.1, -0.05) is 0 Å². The summed E-state index contributed by atoms with van der Waals surface area (Å²) in [6, 6.07) is -0.570.